The van der Waals surface area contributed by atoms with Gasteiger partial charge in [-0.2, -0.15) is 5.26 Å². The predicted molar refractivity (Wildman–Crippen MR) is 69.0 cm³/mol. The quantitative estimate of drug-likeness (QED) is 0.796. The lowest BCUT2D eigenvalue weighted by Crippen LogP contribution is -2.56. The molecule has 0 aliphatic carbocycles. The molecule has 0 saturated carbocycles. The Morgan fingerprint density at radius 2 is 2.39 bits per heavy atom. The average Bonchev–Trinajstić information content (AvgIpc) is 2.41. The number of nitrogens with zero attached hydrogens (tertiary/aromatic N) is 2. The lowest BCUT2D eigenvalue weighted by molar-refractivity contribution is -0.123. The van der Waals surface area contributed by atoms with Crippen molar-refractivity contribution < 1.29 is 4.79 Å². The molecule has 1 saturated heterocycles. The van der Waals surface area contributed by atoms with E-state index < -0.39 is 0 Å². The summed E-state index contributed by atoms with van der Waals surface area (Å²) in [7, 11) is 0. The van der Waals surface area contributed by atoms with Gasteiger partial charge >= 0.3 is 0 Å². The van der Waals surface area contributed by atoms with E-state index in [1.807, 2.05) is 23.1 Å². The second-order valence-corrected chi connectivity index (χ2v) is 4.24. The van der Waals surface area contributed by atoms with Gasteiger partial charge in [-0.3, -0.25) is 4.79 Å². The average molecular weight is 244 g/mol. The monoisotopic (exact) mass is 244 g/mol. The summed E-state index contributed by atoms with van der Waals surface area (Å²) in [6, 6.07) is 9.19. The third kappa shape index (κ3) is 2.44. The third-order valence-corrected chi connectivity index (χ3v) is 3.08. The third-order valence-electron chi connectivity index (χ3n) is 3.08. The van der Waals surface area contributed by atoms with E-state index in [1.54, 1.807) is 6.07 Å². The highest BCUT2D eigenvalue weighted by Crippen LogP contribution is 2.21. The highest BCUT2D eigenvalue weighted by Gasteiger charge is 2.28. The van der Waals surface area contributed by atoms with E-state index in [2.05, 4.69) is 11.4 Å². The maximum atomic E-state index is 11.8. The standard InChI is InChI=1S/C13H16N4O/c14-5-4-12-13(18)16-6-7-17(12)11-3-1-2-10(8-11)9-15/h1-3,8,12H,4-7,14H2,(H,16,18). The largest absolute Gasteiger partial charge is 0.358 e. The molecule has 1 aromatic carbocycles. The first-order chi connectivity index (χ1) is 8.76. The summed E-state index contributed by atoms with van der Waals surface area (Å²) in [6.45, 7) is 1.83. The minimum atomic E-state index is -0.238. The Kier molecular flexibility index (Phi) is 3.80. The van der Waals surface area contributed by atoms with E-state index in [1.165, 1.54) is 0 Å². The van der Waals surface area contributed by atoms with Crippen LogP contribution < -0.4 is 16.0 Å². The summed E-state index contributed by atoms with van der Waals surface area (Å²) in [5, 5.41) is 11.8. The normalized spacial score (nSPS) is 19.2. The van der Waals surface area contributed by atoms with Crippen LogP contribution in [0.5, 0.6) is 0 Å². The number of nitriles is 1. The molecular weight excluding hydrogens is 228 g/mol. The molecule has 3 N–H and O–H groups in total. The van der Waals surface area contributed by atoms with Crippen molar-refractivity contribution in [2.45, 2.75) is 12.5 Å². The molecule has 1 heterocycles. The van der Waals surface area contributed by atoms with Crippen molar-refractivity contribution in [3.8, 4) is 6.07 Å². The molecule has 0 bridgehead atoms. The van der Waals surface area contributed by atoms with Crippen molar-refractivity contribution in [2.24, 2.45) is 5.73 Å². The number of anilines is 1. The van der Waals surface area contributed by atoms with Crippen LogP contribution in [0.4, 0.5) is 5.69 Å². The topological polar surface area (TPSA) is 82.2 Å². The Balaban J connectivity index is 2.28. The van der Waals surface area contributed by atoms with Crippen LogP contribution in [0.15, 0.2) is 24.3 Å². The number of hydrogen-bond acceptors (Lipinski definition) is 4. The molecule has 1 atom stereocenters. The fourth-order valence-electron chi connectivity index (χ4n) is 2.22. The minimum absolute atomic E-state index is 0.00839. The Bertz CT molecular complexity index is 480. The Hall–Kier alpha value is -2.06. The molecule has 1 fully saturated rings. The van der Waals surface area contributed by atoms with Gasteiger partial charge < -0.3 is 16.0 Å². The molecular formula is C13H16N4O. The number of piperazine rings is 1. The van der Waals surface area contributed by atoms with Crippen molar-refractivity contribution >= 4 is 11.6 Å². The van der Waals surface area contributed by atoms with Crippen LogP contribution in [0, 0.1) is 11.3 Å². The summed E-state index contributed by atoms with van der Waals surface area (Å²) in [4.78, 5) is 13.9. The summed E-state index contributed by atoms with van der Waals surface area (Å²) in [5.41, 5.74) is 7.07. The minimum Gasteiger partial charge on any atom is -0.358 e. The molecule has 18 heavy (non-hydrogen) atoms. The first-order valence-corrected chi connectivity index (χ1v) is 6.01. The van der Waals surface area contributed by atoms with Crippen LogP contribution in [0.2, 0.25) is 0 Å². The van der Waals surface area contributed by atoms with Crippen LogP contribution >= 0.6 is 0 Å². The van der Waals surface area contributed by atoms with E-state index in [-0.39, 0.29) is 11.9 Å². The number of amides is 1. The molecule has 0 aromatic heterocycles. The number of nitrogens with one attached hydrogen (secondary N) is 1. The van der Waals surface area contributed by atoms with Crippen molar-refractivity contribution in [1.82, 2.24) is 5.32 Å². The van der Waals surface area contributed by atoms with Gasteiger partial charge in [0, 0.05) is 18.8 Å². The summed E-state index contributed by atoms with van der Waals surface area (Å²) in [6.07, 6.45) is 0.614. The van der Waals surface area contributed by atoms with Gasteiger partial charge in [0.1, 0.15) is 6.04 Å². The molecule has 5 nitrogen and oxygen atoms in total. The molecule has 0 radical (unpaired) electrons. The van der Waals surface area contributed by atoms with Gasteiger partial charge in [0.15, 0.2) is 0 Å². The number of carbonyl (C=O) groups excluding carboxylic acids is 1. The van der Waals surface area contributed by atoms with Gasteiger partial charge in [-0.05, 0) is 31.2 Å². The van der Waals surface area contributed by atoms with E-state index in [4.69, 9.17) is 11.0 Å². The van der Waals surface area contributed by atoms with E-state index in [0.29, 0.717) is 25.1 Å². The van der Waals surface area contributed by atoms with Crippen LogP contribution in [0.25, 0.3) is 0 Å². The number of nitrogens with two attached hydrogens (primary N) is 1. The molecule has 94 valence electrons. The van der Waals surface area contributed by atoms with Crippen LogP contribution in [-0.4, -0.2) is 31.6 Å². The van der Waals surface area contributed by atoms with Gasteiger partial charge in [0.05, 0.1) is 11.6 Å². The molecule has 1 unspecified atom stereocenters. The van der Waals surface area contributed by atoms with Crippen molar-refractivity contribution in [1.29, 1.82) is 5.26 Å². The smallest absolute Gasteiger partial charge is 0.242 e. The van der Waals surface area contributed by atoms with Crippen LogP contribution in [0.1, 0.15) is 12.0 Å². The lowest BCUT2D eigenvalue weighted by atomic mass is 10.1. The molecule has 5 heteroatoms. The SMILES string of the molecule is N#Cc1cccc(N2CCNC(=O)C2CCN)c1. The molecule has 1 aliphatic rings. The Morgan fingerprint density at radius 1 is 1.56 bits per heavy atom. The van der Waals surface area contributed by atoms with Gasteiger partial charge in [0.25, 0.3) is 0 Å². The summed E-state index contributed by atoms with van der Waals surface area (Å²) in [5.74, 6) is 0.00839. The first-order valence-electron chi connectivity index (χ1n) is 6.01. The van der Waals surface area contributed by atoms with E-state index in [9.17, 15) is 4.79 Å². The lowest BCUT2D eigenvalue weighted by Gasteiger charge is -2.36. The molecule has 0 spiro atoms. The fourth-order valence-corrected chi connectivity index (χ4v) is 2.22. The second kappa shape index (κ2) is 5.52. The van der Waals surface area contributed by atoms with Crippen LogP contribution in [-0.2, 0) is 4.79 Å². The Labute approximate surface area is 106 Å². The predicted octanol–water partition coefficient (Wildman–Crippen LogP) is 0.212. The maximum absolute atomic E-state index is 11.8. The number of benzene rings is 1. The number of rotatable bonds is 3. The van der Waals surface area contributed by atoms with Crippen molar-refractivity contribution in [2.75, 3.05) is 24.5 Å². The van der Waals surface area contributed by atoms with Gasteiger partial charge in [-0.1, -0.05) is 6.07 Å². The first kappa shape index (κ1) is 12.4. The molecule has 1 aromatic rings. The van der Waals surface area contributed by atoms with Crippen LogP contribution in [0.3, 0.4) is 0 Å². The zero-order chi connectivity index (χ0) is 13.0. The highest BCUT2D eigenvalue weighted by molar-refractivity contribution is 5.86. The highest BCUT2D eigenvalue weighted by atomic mass is 16.2. The molecule has 2 rings (SSSR count). The number of hydrogen-bond donors (Lipinski definition) is 2. The van der Waals surface area contributed by atoms with Crippen molar-refractivity contribution in [3.05, 3.63) is 29.8 Å². The maximum Gasteiger partial charge on any atom is 0.242 e. The van der Waals surface area contributed by atoms with E-state index >= 15 is 0 Å². The van der Waals surface area contributed by atoms with Gasteiger partial charge in [0.2, 0.25) is 5.91 Å². The zero-order valence-electron chi connectivity index (χ0n) is 10.1. The van der Waals surface area contributed by atoms with E-state index in [0.717, 1.165) is 12.2 Å². The molecule has 1 amide bonds. The van der Waals surface area contributed by atoms with Crippen molar-refractivity contribution in [3.63, 3.8) is 0 Å². The fraction of sp³-hybridized carbons (Fsp3) is 0.385. The van der Waals surface area contributed by atoms with Gasteiger partial charge in [-0.15, -0.1) is 0 Å². The summed E-state index contributed by atoms with van der Waals surface area (Å²) < 4.78 is 0. The molecule has 1 aliphatic heterocycles. The van der Waals surface area contributed by atoms with Gasteiger partial charge in [-0.25, -0.2) is 0 Å². The summed E-state index contributed by atoms with van der Waals surface area (Å²) >= 11 is 0. The number of carbonyl (C=O) groups is 1. The Morgan fingerprint density at radius 3 is 3.11 bits per heavy atom. The second-order valence-electron chi connectivity index (χ2n) is 4.24. The zero-order valence-corrected chi connectivity index (χ0v) is 10.1.